The molecular formula is C13H13NO3S. The summed E-state index contributed by atoms with van der Waals surface area (Å²) in [7, 11) is -3.76. The minimum absolute atomic E-state index is 0.000862. The molecule has 5 heteroatoms. The molecule has 2 N–H and O–H groups in total. The van der Waals surface area contributed by atoms with Crippen molar-refractivity contribution < 1.29 is 13.2 Å². The van der Waals surface area contributed by atoms with E-state index in [-0.39, 0.29) is 10.6 Å². The molecule has 2 aromatic rings. The normalized spacial score (nSPS) is 11.2. The molecule has 0 aliphatic carbocycles. The molecule has 0 heterocycles. The third-order valence-electron chi connectivity index (χ3n) is 2.39. The van der Waals surface area contributed by atoms with Crippen LogP contribution < -0.4 is 9.88 Å². The van der Waals surface area contributed by atoms with Gasteiger partial charge < -0.3 is 4.74 Å². The van der Waals surface area contributed by atoms with Crippen LogP contribution >= 0.6 is 0 Å². The van der Waals surface area contributed by atoms with Crippen LogP contribution in [0.1, 0.15) is 5.56 Å². The molecule has 0 aromatic heterocycles. The Labute approximate surface area is 106 Å². The molecule has 0 bridgehead atoms. The number of para-hydroxylation sites is 1. The van der Waals surface area contributed by atoms with Gasteiger partial charge in [-0.15, -0.1) is 0 Å². The zero-order valence-electron chi connectivity index (χ0n) is 9.61. The second-order valence-corrected chi connectivity index (χ2v) is 5.30. The van der Waals surface area contributed by atoms with Crippen molar-refractivity contribution in [2.24, 2.45) is 5.14 Å². The molecule has 0 spiro atoms. The van der Waals surface area contributed by atoms with E-state index in [0.29, 0.717) is 6.61 Å². The van der Waals surface area contributed by atoms with Gasteiger partial charge in [-0.3, -0.25) is 0 Å². The van der Waals surface area contributed by atoms with Crippen LogP contribution in [0.3, 0.4) is 0 Å². The van der Waals surface area contributed by atoms with Crippen LogP contribution in [0.4, 0.5) is 0 Å². The highest BCUT2D eigenvalue weighted by Crippen LogP contribution is 2.22. The lowest BCUT2D eigenvalue weighted by Crippen LogP contribution is -2.13. The highest BCUT2D eigenvalue weighted by atomic mass is 32.2. The average molecular weight is 263 g/mol. The molecular weight excluding hydrogens is 250 g/mol. The van der Waals surface area contributed by atoms with Crippen molar-refractivity contribution in [1.29, 1.82) is 0 Å². The summed E-state index contributed by atoms with van der Waals surface area (Å²) in [6.45, 7) is 0.299. The van der Waals surface area contributed by atoms with E-state index < -0.39 is 10.0 Å². The second kappa shape index (κ2) is 5.20. The highest BCUT2D eigenvalue weighted by molar-refractivity contribution is 7.89. The molecule has 94 valence electrons. The summed E-state index contributed by atoms with van der Waals surface area (Å²) in [5.41, 5.74) is 0.960. The van der Waals surface area contributed by atoms with Crippen LogP contribution in [0.2, 0.25) is 0 Å². The SMILES string of the molecule is NS(=O)(=O)c1ccccc1OCc1ccccc1. The zero-order chi connectivity index (χ0) is 13.0. The number of primary sulfonamides is 1. The Balaban J connectivity index is 2.20. The molecule has 0 aliphatic rings. The molecule has 0 saturated heterocycles. The largest absolute Gasteiger partial charge is 0.487 e. The van der Waals surface area contributed by atoms with Crippen LogP contribution in [0.5, 0.6) is 5.75 Å². The number of rotatable bonds is 4. The van der Waals surface area contributed by atoms with Gasteiger partial charge in [-0.05, 0) is 17.7 Å². The van der Waals surface area contributed by atoms with E-state index >= 15 is 0 Å². The van der Waals surface area contributed by atoms with Crippen LogP contribution in [0.25, 0.3) is 0 Å². The van der Waals surface area contributed by atoms with Crippen molar-refractivity contribution in [3.63, 3.8) is 0 Å². The van der Waals surface area contributed by atoms with Crippen LogP contribution in [0, 0.1) is 0 Å². The number of hydrogen-bond acceptors (Lipinski definition) is 3. The monoisotopic (exact) mass is 263 g/mol. The minimum atomic E-state index is -3.76. The van der Waals surface area contributed by atoms with Gasteiger partial charge in [0.2, 0.25) is 10.0 Å². The maximum absolute atomic E-state index is 11.4. The summed E-state index contributed by atoms with van der Waals surface area (Å²) < 4.78 is 28.2. The lowest BCUT2D eigenvalue weighted by Gasteiger charge is -2.09. The molecule has 2 aromatic carbocycles. The van der Waals surface area contributed by atoms with E-state index in [1.165, 1.54) is 6.07 Å². The molecule has 0 amide bonds. The van der Waals surface area contributed by atoms with Gasteiger partial charge >= 0.3 is 0 Å². The Morgan fingerprint density at radius 2 is 1.56 bits per heavy atom. The summed E-state index contributed by atoms with van der Waals surface area (Å²) in [6.07, 6.45) is 0. The molecule has 4 nitrogen and oxygen atoms in total. The van der Waals surface area contributed by atoms with E-state index in [1.807, 2.05) is 30.3 Å². The van der Waals surface area contributed by atoms with Crippen molar-refractivity contribution in [2.45, 2.75) is 11.5 Å². The first kappa shape index (κ1) is 12.6. The average Bonchev–Trinajstić information content (AvgIpc) is 2.37. The number of benzene rings is 2. The first-order valence-corrected chi connectivity index (χ1v) is 6.90. The summed E-state index contributed by atoms with van der Waals surface area (Å²) >= 11 is 0. The van der Waals surface area contributed by atoms with E-state index in [4.69, 9.17) is 9.88 Å². The number of sulfonamides is 1. The maximum Gasteiger partial charge on any atom is 0.241 e. The molecule has 18 heavy (non-hydrogen) atoms. The fourth-order valence-electron chi connectivity index (χ4n) is 1.54. The van der Waals surface area contributed by atoms with Gasteiger partial charge in [-0.25, -0.2) is 13.6 Å². The van der Waals surface area contributed by atoms with E-state index in [9.17, 15) is 8.42 Å². The van der Waals surface area contributed by atoms with Crippen LogP contribution in [-0.2, 0) is 16.6 Å². The first-order chi connectivity index (χ1) is 8.57. The molecule has 0 saturated carbocycles. The third-order valence-corrected chi connectivity index (χ3v) is 3.34. The predicted molar refractivity (Wildman–Crippen MR) is 68.6 cm³/mol. The minimum Gasteiger partial charge on any atom is -0.487 e. The van der Waals surface area contributed by atoms with Gasteiger partial charge in [0.05, 0.1) is 0 Å². The fraction of sp³-hybridized carbons (Fsp3) is 0.0769. The smallest absolute Gasteiger partial charge is 0.241 e. The molecule has 0 unspecified atom stereocenters. The standard InChI is InChI=1S/C13H13NO3S/c14-18(15,16)13-9-5-4-8-12(13)17-10-11-6-2-1-3-7-11/h1-9H,10H2,(H2,14,15,16). The lowest BCUT2D eigenvalue weighted by molar-refractivity contribution is 0.298. The van der Waals surface area contributed by atoms with Crippen LogP contribution in [0.15, 0.2) is 59.5 Å². The van der Waals surface area contributed by atoms with Crippen molar-refractivity contribution in [1.82, 2.24) is 0 Å². The molecule has 0 fully saturated rings. The van der Waals surface area contributed by atoms with Gasteiger partial charge in [0.1, 0.15) is 17.3 Å². The highest BCUT2D eigenvalue weighted by Gasteiger charge is 2.14. The maximum atomic E-state index is 11.4. The molecule has 0 atom stereocenters. The van der Waals surface area contributed by atoms with E-state index in [1.54, 1.807) is 18.2 Å². The quantitative estimate of drug-likeness (QED) is 0.916. The number of hydrogen-bond donors (Lipinski definition) is 1. The summed E-state index contributed by atoms with van der Waals surface area (Å²) in [6, 6.07) is 15.8. The molecule has 2 rings (SSSR count). The Morgan fingerprint density at radius 3 is 2.22 bits per heavy atom. The van der Waals surface area contributed by atoms with Gasteiger partial charge in [0.25, 0.3) is 0 Å². The van der Waals surface area contributed by atoms with Gasteiger partial charge in [-0.1, -0.05) is 42.5 Å². The van der Waals surface area contributed by atoms with Crippen molar-refractivity contribution in [3.05, 3.63) is 60.2 Å². The van der Waals surface area contributed by atoms with Gasteiger partial charge in [-0.2, -0.15) is 0 Å². The molecule has 0 aliphatic heterocycles. The van der Waals surface area contributed by atoms with E-state index in [0.717, 1.165) is 5.56 Å². The fourth-order valence-corrected chi connectivity index (χ4v) is 2.22. The summed E-state index contributed by atoms with van der Waals surface area (Å²) in [4.78, 5) is 0.000862. The number of ether oxygens (including phenoxy) is 1. The van der Waals surface area contributed by atoms with Crippen LogP contribution in [-0.4, -0.2) is 8.42 Å². The van der Waals surface area contributed by atoms with Crippen molar-refractivity contribution >= 4 is 10.0 Å². The topological polar surface area (TPSA) is 69.4 Å². The van der Waals surface area contributed by atoms with Gasteiger partial charge in [0.15, 0.2) is 0 Å². The lowest BCUT2D eigenvalue weighted by atomic mass is 10.2. The van der Waals surface area contributed by atoms with Crippen molar-refractivity contribution in [3.8, 4) is 5.75 Å². The molecule has 0 radical (unpaired) electrons. The predicted octanol–water partition coefficient (Wildman–Crippen LogP) is 1.91. The van der Waals surface area contributed by atoms with E-state index in [2.05, 4.69) is 0 Å². The Bertz CT molecular complexity index is 624. The number of nitrogens with two attached hydrogens (primary N) is 1. The third kappa shape index (κ3) is 3.09. The summed E-state index contributed by atoms with van der Waals surface area (Å²) in [5, 5.41) is 5.12. The first-order valence-electron chi connectivity index (χ1n) is 5.36. The second-order valence-electron chi connectivity index (χ2n) is 3.77. The Morgan fingerprint density at radius 1 is 0.944 bits per heavy atom. The van der Waals surface area contributed by atoms with Crippen molar-refractivity contribution in [2.75, 3.05) is 0 Å². The summed E-state index contributed by atoms with van der Waals surface area (Å²) in [5.74, 6) is 0.267. The zero-order valence-corrected chi connectivity index (χ0v) is 10.4. The Hall–Kier alpha value is -1.85. The van der Waals surface area contributed by atoms with Gasteiger partial charge in [0, 0.05) is 0 Å². The Kier molecular flexibility index (Phi) is 3.64.